The Kier molecular flexibility index (Phi) is 6.19. The molecule has 0 saturated carbocycles. The molecule has 2 aromatic rings. The Bertz CT molecular complexity index is 757. The fourth-order valence-electron chi connectivity index (χ4n) is 2.22. The highest BCUT2D eigenvalue weighted by atomic mass is 32.1. The number of nitrogens with one attached hydrogen (secondary N) is 2. The van der Waals surface area contributed by atoms with Gasteiger partial charge in [0, 0.05) is 11.1 Å². The monoisotopic (exact) mass is 367 g/mol. The second kappa shape index (κ2) is 8.15. The van der Waals surface area contributed by atoms with Crippen molar-refractivity contribution in [2.75, 3.05) is 0 Å². The molecule has 0 fully saturated rings. The highest BCUT2D eigenvalue weighted by molar-refractivity contribution is 7.09. The lowest BCUT2D eigenvalue weighted by atomic mass is 10.0. The number of aromatic nitrogens is 1. The number of carbonyl (C=O) groups is 2. The van der Waals surface area contributed by atoms with E-state index >= 15 is 0 Å². The zero-order chi connectivity index (χ0) is 18.6. The fourth-order valence-corrected chi connectivity index (χ4v) is 2.93. The van der Waals surface area contributed by atoms with Crippen molar-refractivity contribution in [3.8, 4) is 0 Å². The molecule has 2 N–H and O–H groups in total. The van der Waals surface area contributed by atoms with Crippen molar-refractivity contribution in [1.82, 2.24) is 15.6 Å². The van der Waals surface area contributed by atoms with Gasteiger partial charge in [0.05, 0.1) is 6.54 Å². The highest BCUT2D eigenvalue weighted by Crippen LogP contribution is 2.13. The Morgan fingerprint density at radius 3 is 2.40 bits per heavy atom. The van der Waals surface area contributed by atoms with Crippen LogP contribution in [0.1, 0.15) is 34.9 Å². The molecule has 0 aliphatic carbocycles. The van der Waals surface area contributed by atoms with Gasteiger partial charge in [-0.15, -0.1) is 11.3 Å². The molecule has 2 amide bonds. The molecule has 1 heterocycles. The Hall–Kier alpha value is -2.35. The smallest absolute Gasteiger partial charge is 0.257 e. The third kappa shape index (κ3) is 4.82. The second-order valence-corrected chi connectivity index (χ2v) is 6.83. The zero-order valence-corrected chi connectivity index (χ0v) is 14.9. The Labute approximate surface area is 148 Å². The van der Waals surface area contributed by atoms with E-state index in [1.807, 2.05) is 12.3 Å². The van der Waals surface area contributed by atoms with E-state index in [1.54, 1.807) is 13.8 Å². The minimum absolute atomic E-state index is 0.227. The van der Waals surface area contributed by atoms with Crippen molar-refractivity contribution in [1.29, 1.82) is 0 Å². The number of hydrogen-bond donors (Lipinski definition) is 2. The van der Waals surface area contributed by atoms with Crippen LogP contribution in [0, 0.1) is 24.5 Å². The van der Waals surface area contributed by atoms with Gasteiger partial charge in [-0.05, 0) is 25.0 Å². The molecule has 2 rings (SSSR count). The number of hydrogen-bond acceptors (Lipinski definition) is 4. The van der Waals surface area contributed by atoms with E-state index in [4.69, 9.17) is 0 Å². The number of carbonyl (C=O) groups excluding carboxylic acids is 2. The molecule has 0 aliphatic rings. The second-order valence-electron chi connectivity index (χ2n) is 5.89. The maximum absolute atomic E-state index is 13.7. The van der Waals surface area contributed by atoms with Crippen LogP contribution < -0.4 is 10.6 Å². The Balaban J connectivity index is 2.07. The molecule has 0 unspecified atom stereocenters. The summed E-state index contributed by atoms with van der Waals surface area (Å²) in [6, 6.07) is 2.23. The summed E-state index contributed by atoms with van der Waals surface area (Å²) in [6.07, 6.45) is 0. The van der Waals surface area contributed by atoms with Crippen molar-refractivity contribution in [2.24, 2.45) is 5.92 Å². The summed E-state index contributed by atoms with van der Waals surface area (Å²) in [7, 11) is 0. The molecule has 8 heteroatoms. The number of rotatable bonds is 6. The summed E-state index contributed by atoms with van der Waals surface area (Å²) in [5.41, 5.74) is 0.162. The molecule has 25 heavy (non-hydrogen) atoms. The topological polar surface area (TPSA) is 71.1 Å². The van der Waals surface area contributed by atoms with Crippen LogP contribution in [-0.4, -0.2) is 22.8 Å². The SMILES string of the molecule is Cc1csc(CNC(=O)[C@H](NC(=O)c2c(F)cccc2F)C(C)C)n1. The lowest BCUT2D eigenvalue weighted by molar-refractivity contribution is -0.124. The molecule has 1 atom stereocenters. The number of halogens is 2. The Morgan fingerprint density at radius 2 is 1.88 bits per heavy atom. The number of nitrogens with zero attached hydrogens (tertiary/aromatic N) is 1. The van der Waals surface area contributed by atoms with Gasteiger partial charge in [-0.2, -0.15) is 0 Å². The maximum atomic E-state index is 13.7. The largest absolute Gasteiger partial charge is 0.348 e. The summed E-state index contributed by atoms with van der Waals surface area (Å²) < 4.78 is 27.4. The van der Waals surface area contributed by atoms with Crippen molar-refractivity contribution >= 4 is 23.2 Å². The highest BCUT2D eigenvalue weighted by Gasteiger charge is 2.27. The van der Waals surface area contributed by atoms with E-state index < -0.39 is 35.1 Å². The molecule has 1 aromatic heterocycles. The number of aryl methyl sites for hydroxylation is 1. The molecule has 0 aliphatic heterocycles. The molecule has 0 saturated heterocycles. The van der Waals surface area contributed by atoms with Gasteiger partial charge in [-0.1, -0.05) is 19.9 Å². The predicted octanol–water partition coefficient (Wildman–Crippen LogP) is 2.80. The molecule has 5 nitrogen and oxygen atoms in total. The standard InChI is InChI=1S/C17H19F2N3O2S/c1-9(2)15(17(24)20-7-13-21-10(3)8-25-13)22-16(23)14-11(18)5-4-6-12(14)19/h4-6,8-9,15H,7H2,1-3H3,(H,20,24)(H,22,23)/t15-/m1/s1. The van der Waals surface area contributed by atoms with Crippen LogP contribution in [0.15, 0.2) is 23.6 Å². The summed E-state index contributed by atoms with van der Waals surface area (Å²) in [6.45, 7) is 5.54. The van der Waals surface area contributed by atoms with E-state index in [9.17, 15) is 18.4 Å². The van der Waals surface area contributed by atoms with Gasteiger partial charge in [-0.3, -0.25) is 9.59 Å². The van der Waals surface area contributed by atoms with Crippen LogP contribution in [0.5, 0.6) is 0 Å². The average Bonchev–Trinajstić information content (AvgIpc) is 2.95. The molecular weight excluding hydrogens is 348 g/mol. The first-order valence-corrected chi connectivity index (χ1v) is 8.61. The summed E-state index contributed by atoms with van der Waals surface area (Å²) in [4.78, 5) is 28.8. The van der Waals surface area contributed by atoms with Crippen LogP contribution >= 0.6 is 11.3 Å². The third-order valence-corrected chi connectivity index (χ3v) is 4.47. The predicted molar refractivity (Wildman–Crippen MR) is 91.1 cm³/mol. The number of thiazole rings is 1. The zero-order valence-electron chi connectivity index (χ0n) is 14.1. The molecule has 1 aromatic carbocycles. The average molecular weight is 367 g/mol. The number of amides is 2. The molecule has 0 spiro atoms. The van der Waals surface area contributed by atoms with Crippen LogP contribution in [-0.2, 0) is 11.3 Å². The van der Waals surface area contributed by atoms with Crippen molar-refractivity contribution in [3.05, 3.63) is 51.5 Å². The van der Waals surface area contributed by atoms with Gasteiger partial charge in [0.15, 0.2) is 0 Å². The van der Waals surface area contributed by atoms with E-state index in [-0.39, 0.29) is 12.5 Å². The molecule has 0 radical (unpaired) electrons. The van der Waals surface area contributed by atoms with Gasteiger partial charge in [0.2, 0.25) is 5.91 Å². The van der Waals surface area contributed by atoms with Crippen molar-refractivity contribution in [3.63, 3.8) is 0 Å². The summed E-state index contributed by atoms with van der Waals surface area (Å²) >= 11 is 1.41. The fraction of sp³-hybridized carbons (Fsp3) is 0.353. The van der Waals surface area contributed by atoms with Gasteiger partial charge in [0.1, 0.15) is 28.2 Å². The first-order valence-electron chi connectivity index (χ1n) is 7.73. The summed E-state index contributed by atoms with van der Waals surface area (Å²) in [5.74, 6) is -3.61. The van der Waals surface area contributed by atoms with Crippen molar-refractivity contribution in [2.45, 2.75) is 33.4 Å². The molecule has 134 valence electrons. The minimum atomic E-state index is -0.973. The van der Waals surface area contributed by atoms with E-state index in [2.05, 4.69) is 15.6 Å². The van der Waals surface area contributed by atoms with E-state index in [0.717, 1.165) is 22.8 Å². The van der Waals surface area contributed by atoms with Crippen LogP contribution in [0.25, 0.3) is 0 Å². The normalized spacial score (nSPS) is 12.1. The van der Waals surface area contributed by atoms with Crippen LogP contribution in [0.4, 0.5) is 8.78 Å². The van der Waals surface area contributed by atoms with Gasteiger partial charge >= 0.3 is 0 Å². The van der Waals surface area contributed by atoms with Gasteiger partial charge < -0.3 is 10.6 Å². The van der Waals surface area contributed by atoms with E-state index in [0.29, 0.717) is 0 Å². The van der Waals surface area contributed by atoms with Gasteiger partial charge in [-0.25, -0.2) is 13.8 Å². The Morgan fingerprint density at radius 1 is 1.24 bits per heavy atom. The lowest BCUT2D eigenvalue weighted by Gasteiger charge is -2.21. The molecular formula is C17H19F2N3O2S. The first kappa shape index (κ1) is 19.0. The number of benzene rings is 1. The van der Waals surface area contributed by atoms with Gasteiger partial charge in [0.25, 0.3) is 5.91 Å². The van der Waals surface area contributed by atoms with Crippen molar-refractivity contribution < 1.29 is 18.4 Å². The van der Waals surface area contributed by atoms with Crippen LogP contribution in [0.2, 0.25) is 0 Å². The van der Waals surface area contributed by atoms with E-state index in [1.165, 1.54) is 17.4 Å². The lowest BCUT2D eigenvalue weighted by Crippen LogP contribution is -2.49. The minimum Gasteiger partial charge on any atom is -0.348 e. The van der Waals surface area contributed by atoms with Crippen LogP contribution in [0.3, 0.4) is 0 Å². The first-order chi connectivity index (χ1) is 11.8. The quantitative estimate of drug-likeness (QED) is 0.825. The maximum Gasteiger partial charge on any atom is 0.257 e. The summed E-state index contributed by atoms with van der Waals surface area (Å²) in [5, 5.41) is 7.70. The molecule has 0 bridgehead atoms. The third-order valence-electron chi connectivity index (χ3n) is 3.51.